The Kier molecular flexibility index (Phi) is 2.80. The number of hydrogen-bond acceptors (Lipinski definition) is 4. The number of aromatic nitrogens is 2. The summed E-state index contributed by atoms with van der Waals surface area (Å²) in [5.41, 5.74) is 0. The van der Waals surface area contributed by atoms with Crippen molar-refractivity contribution in [2.24, 2.45) is 0 Å². The van der Waals surface area contributed by atoms with Gasteiger partial charge in [-0.3, -0.25) is 0 Å². The predicted octanol–water partition coefficient (Wildman–Crippen LogP) is 1.70. The molecule has 1 aromatic heterocycles. The summed E-state index contributed by atoms with van der Waals surface area (Å²) >= 11 is 5.55. The average Bonchev–Trinajstić information content (AvgIpc) is 2.70. The molecular weight excluding hydrogens is 192 g/mol. The van der Waals surface area contributed by atoms with Gasteiger partial charge in [0.1, 0.15) is 6.10 Å². The fraction of sp³-hybridized carbons (Fsp3) is 0.750. The van der Waals surface area contributed by atoms with Gasteiger partial charge in [-0.25, -0.2) is 0 Å². The van der Waals surface area contributed by atoms with Crippen molar-refractivity contribution in [2.75, 3.05) is 12.5 Å². The van der Waals surface area contributed by atoms with Gasteiger partial charge in [-0.2, -0.15) is 0 Å². The Labute approximate surface area is 81.2 Å². The largest absolute Gasteiger partial charge is 0.422 e. The van der Waals surface area contributed by atoms with Crippen LogP contribution >= 0.6 is 11.6 Å². The van der Waals surface area contributed by atoms with Crippen molar-refractivity contribution in [3.8, 4) is 0 Å². The number of nitrogens with zero attached hydrogens (tertiary/aromatic N) is 2. The molecule has 0 bridgehead atoms. The Morgan fingerprint density at radius 1 is 1.46 bits per heavy atom. The molecule has 13 heavy (non-hydrogen) atoms. The summed E-state index contributed by atoms with van der Waals surface area (Å²) in [5.74, 6) is 1.70. The number of rotatable bonds is 3. The molecule has 0 N–H and O–H groups in total. The summed E-state index contributed by atoms with van der Waals surface area (Å²) in [6.45, 7) is 0.790. The Bertz CT molecular complexity index is 271. The fourth-order valence-electron chi connectivity index (χ4n) is 1.35. The van der Waals surface area contributed by atoms with Gasteiger partial charge in [0.2, 0.25) is 11.8 Å². The quantitative estimate of drug-likeness (QED) is 0.700. The molecule has 0 spiro atoms. The van der Waals surface area contributed by atoms with Crippen LogP contribution in [0.4, 0.5) is 0 Å². The first-order valence-corrected chi connectivity index (χ1v) is 4.93. The van der Waals surface area contributed by atoms with Crippen LogP contribution in [0.1, 0.15) is 30.7 Å². The van der Waals surface area contributed by atoms with Crippen LogP contribution in [0, 0.1) is 0 Å². The van der Waals surface area contributed by atoms with Crippen LogP contribution in [0.5, 0.6) is 0 Å². The minimum absolute atomic E-state index is 0.0107. The zero-order chi connectivity index (χ0) is 9.10. The van der Waals surface area contributed by atoms with E-state index in [2.05, 4.69) is 10.2 Å². The Balaban J connectivity index is 2.03. The van der Waals surface area contributed by atoms with Crippen LogP contribution < -0.4 is 0 Å². The zero-order valence-electron chi connectivity index (χ0n) is 7.20. The molecule has 0 aliphatic carbocycles. The van der Waals surface area contributed by atoms with Crippen molar-refractivity contribution in [1.82, 2.24) is 10.2 Å². The molecule has 2 rings (SSSR count). The molecule has 1 atom stereocenters. The lowest BCUT2D eigenvalue weighted by molar-refractivity contribution is 0.0881. The lowest BCUT2D eigenvalue weighted by Crippen LogP contribution is -1.95. The molecule has 1 aliphatic heterocycles. The monoisotopic (exact) mass is 202 g/mol. The summed E-state index contributed by atoms with van der Waals surface area (Å²) in [6.07, 6.45) is 2.68. The average molecular weight is 203 g/mol. The molecule has 0 saturated carbocycles. The van der Waals surface area contributed by atoms with E-state index in [1.165, 1.54) is 0 Å². The Hall–Kier alpha value is -0.610. The predicted molar refractivity (Wildman–Crippen MR) is 46.6 cm³/mol. The van der Waals surface area contributed by atoms with Crippen LogP contribution in [0.25, 0.3) is 0 Å². The normalized spacial score (nSPS) is 22.4. The van der Waals surface area contributed by atoms with Gasteiger partial charge in [-0.1, -0.05) is 0 Å². The van der Waals surface area contributed by atoms with Gasteiger partial charge in [0, 0.05) is 18.9 Å². The van der Waals surface area contributed by atoms with E-state index in [4.69, 9.17) is 20.8 Å². The van der Waals surface area contributed by atoms with Crippen LogP contribution in [0.3, 0.4) is 0 Å². The molecule has 0 radical (unpaired) electrons. The summed E-state index contributed by atoms with van der Waals surface area (Å²) in [4.78, 5) is 0. The summed E-state index contributed by atoms with van der Waals surface area (Å²) in [7, 11) is 0. The summed E-state index contributed by atoms with van der Waals surface area (Å²) in [5, 5.41) is 7.79. The second kappa shape index (κ2) is 4.07. The molecule has 1 aliphatic rings. The third-order valence-electron chi connectivity index (χ3n) is 2.00. The first kappa shape index (κ1) is 8.97. The van der Waals surface area contributed by atoms with Crippen molar-refractivity contribution in [2.45, 2.75) is 25.4 Å². The highest BCUT2D eigenvalue weighted by molar-refractivity contribution is 6.17. The second-order valence-electron chi connectivity index (χ2n) is 2.97. The van der Waals surface area contributed by atoms with Crippen LogP contribution in [-0.2, 0) is 11.2 Å². The minimum Gasteiger partial charge on any atom is -0.422 e. The number of aryl methyl sites for hydroxylation is 1. The van der Waals surface area contributed by atoms with E-state index in [-0.39, 0.29) is 6.10 Å². The first-order valence-electron chi connectivity index (χ1n) is 4.40. The maximum Gasteiger partial charge on any atom is 0.245 e. The topological polar surface area (TPSA) is 48.2 Å². The fourth-order valence-corrected chi connectivity index (χ4v) is 1.51. The highest BCUT2D eigenvalue weighted by Gasteiger charge is 2.23. The highest BCUT2D eigenvalue weighted by Crippen LogP contribution is 2.27. The van der Waals surface area contributed by atoms with Gasteiger partial charge in [0.25, 0.3) is 0 Å². The van der Waals surface area contributed by atoms with Gasteiger partial charge < -0.3 is 9.15 Å². The SMILES string of the molecule is ClCCc1nnc(C2CCCO2)o1. The van der Waals surface area contributed by atoms with Gasteiger partial charge >= 0.3 is 0 Å². The van der Waals surface area contributed by atoms with Crippen molar-refractivity contribution >= 4 is 11.6 Å². The maximum atomic E-state index is 5.55. The van der Waals surface area contributed by atoms with Gasteiger partial charge in [0.05, 0.1) is 0 Å². The molecule has 1 saturated heterocycles. The maximum absolute atomic E-state index is 5.55. The van der Waals surface area contributed by atoms with Gasteiger partial charge in [0.15, 0.2) is 0 Å². The third-order valence-corrected chi connectivity index (χ3v) is 2.18. The minimum atomic E-state index is 0.0107. The number of alkyl halides is 1. The van der Waals surface area contributed by atoms with E-state index in [1.807, 2.05) is 0 Å². The van der Waals surface area contributed by atoms with E-state index in [9.17, 15) is 0 Å². The second-order valence-corrected chi connectivity index (χ2v) is 3.35. The van der Waals surface area contributed by atoms with Crippen molar-refractivity contribution in [3.05, 3.63) is 11.8 Å². The Morgan fingerprint density at radius 2 is 2.38 bits per heavy atom. The van der Waals surface area contributed by atoms with E-state index in [0.29, 0.717) is 24.1 Å². The van der Waals surface area contributed by atoms with E-state index >= 15 is 0 Å². The number of ether oxygens (including phenoxy) is 1. The Morgan fingerprint density at radius 3 is 3.08 bits per heavy atom. The standard InChI is InChI=1S/C8H11ClN2O2/c9-4-3-7-10-11-8(13-7)6-2-1-5-12-6/h6H,1-5H2. The van der Waals surface area contributed by atoms with E-state index < -0.39 is 0 Å². The lowest BCUT2D eigenvalue weighted by Gasteiger charge is -2.00. The van der Waals surface area contributed by atoms with Crippen LogP contribution in [0.2, 0.25) is 0 Å². The first-order chi connectivity index (χ1) is 6.40. The highest BCUT2D eigenvalue weighted by atomic mass is 35.5. The molecule has 1 fully saturated rings. The molecular formula is C8H11ClN2O2. The number of hydrogen-bond donors (Lipinski definition) is 0. The summed E-state index contributed by atoms with van der Waals surface area (Å²) in [6, 6.07) is 0. The molecule has 0 amide bonds. The van der Waals surface area contributed by atoms with Crippen molar-refractivity contribution in [1.29, 1.82) is 0 Å². The molecule has 72 valence electrons. The lowest BCUT2D eigenvalue weighted by atomic mass is 10.2. The van der Waals surface area contributed by atoms with Gasteiger partial charge in [-0.05, 0) is 12.8 Å². The van der Waals surface area contributed by atoms with Crippen LogP contribution in [0.15, 0.2) is 4.42 Å². The smallest absolute Gasteiger partial charge is 0.245 e. The van der Waals surface area contributed by atoms with Gasteiger partial charge in [-0.15, -0.1) is 21.8 Å². The van der Waals surface area contributed by atoms with Crippen molar-refractivity contribution in [3.63, 3.8) is 0 Å². The molecule has 4 nitrogen and oxygen atoms in total. The van der Waals surface area contributed by atoms with E-state index in [1.54, 1.807) is 0 Å². The summed E-state index contributed by atoms with van der Waals surface area (Å²) < 4.78 is 10.8. The van der Waals surface area contributed by atoms with E-state index in [0.717, 1.165) is 19.4 Å². The zero-order valence-corrected chi connectivity index (χ0v) is 7.96. The van der Waals surface area contributed by atoms with Crippen molar-refractivity contribution < 1.29 is 9.15 Å². The number of halogens is 1. The molecule has 1 aromatic rings. The molecule has 2 heterocycles. The molecule has 5 heteroatoms. The van der Waals surface area contributed by atoms with Crippen LogP contribution in [-0.4, -0.2) is 22.7 Å². The molecule has 0 aromatic carbocycles. The third kappa shape index (κ3) is 2.00. The molecule has 1 unspecified atom stereocenters.